The highest BCUT2D eigenvalue weighted by molar-refractivity contribution is 5.45. The first kappa shape index (κ1) is 13.2. The highest BCUT2D eigenvalue weighted by Crippen LogP contribution is 2.27. The minimum Gasteiger partial charge on any atom is -0.299 e. The van der Waals surface area contributed by atoms with Crippen molar-refractivity contribution in [2.75, 3.05) is 13.1 Å². The highest BCUT2D eigenvalue weighted by atomic mass is 15.1. The Morgan fingerprint density at radius 3 is 2.44 bits per heavy atom. The molecule has 0 aliphatic carbocycles. The summed E-state index contributed by atoms with van der Waals surface area (Å²) >= 11 is 0. The summed E-state index contributed by atoms with van der Waals surface area (Å²) in [5.74, 6) is 0. The summed E-state index contributed by atoms with van der Waals surface area (Å²) in [6.07, 6.45) is 1.23. The number of nitrogens with zero attached hydrogens (tertiary/aromatic N) is 1. The number of hydrogen-bond donors (Lipinski definition) is 0. The molecule has 1 heteroatoms. The first-order valence-corrected chi connectivity index (χ1v) is 5.94. The normalized spacial score (nSPS) is 15.5. The summed E-state index contributed by atoms with van der Waals surface area (Å²) in [5.41, 5.74) is 7.66. The van der Waals surface area contributed by atoms with Gasteiger partial charge in [0, 0.05) is 13.1 Å². The molecule has 0 fully saturated rings. The summed E-state index contributed by atoms with van der Waals surface area (Å²) < 4.78 is 0. The average molecular weight is 219 g/mol. The topological polar surface area (TPSA) is 3.24 Å². The summed E-state index contributed by atoms with van der Waals surface area (Å²) in [5, 5.41) is 0. The lowest BCUT2D eigenvalue weighted by Crippen LogP contribution is -2.31. The van der Waals surface area contributed by atoms with Gasteiger partial charge in [-0.05, 0) is 61.6 Å². The minimum absolute atomic E-state index is 0. The lowest BCUT2D eigenvalue weighted by atomic mass is 9.89. The van der Waals surface area contributed by atoms with Crippen molar-refractivity contribution >= 4 is 0 Å². The number of aryl methyl sites for hydroxylation is 2. The van der Waals surface area contributed by atoms with Gasteiger partial charge in [0.05, 0.1) is 0 Å². The van der Waals surface area contributed by atoms with E-state index in [0.29, 0.717) is 0 Å². The van der Waals surface area contributed by atoms with E-state index in [1.54, 1.807) is 11.1 Å². The summed E-state index contributed by atoms with van der Waals surface area (Å²) in [4.78, 5) is 2.54. The SMILES string of the molecule is C.CCN1CCc2c(C)cc(C)c(C)c2C1. The van der Waals surface area contributed by atoms with Crippen LogP contribution in [-0.2, 0) is 13.0 Å². The molecule has 1 nitrogen and oxygen atoms in total. The third-order valence-electron chi connectivity index (χ3n) is 3.82. The fourth-order valence-electron chi connectivity index (χ4n) is 2.63. The Labute approximate surface area is 100 Å². The van der Waals surface area contributed by atoms with E-state index < -0.39 is 0 Å². The smallest absolute Gasteiger partial charge is 0.0239 e. The molecule has 0 N–H and O–H groups in total. The van der Waals surface area contributed by atoms with Crippen molar-refractivity contribution in [2.45, 2.75) is 48.1 Å². The van der Waals surface area contributed by atoms with Gasteiger partial charge >= 0.3 is 0 Å². The average Bonchev–Trinajstić information content (AvgIpc) is 2.25. The number of fused-ring (bicyclic) bond motifs is 1. The van der Waals surface area contributed by atoms with Gasteiger partial charge in [-0.15, -0.1) is 0 Å². The Morgan fingerprint density at radius 1 is 1.12 bits per heavy atom. The van der Waals surface area contributed by atoms with Crippen LogP contribution in [-0.4, -0.2) is 18.0 Å². The van der Waals surface area contributed by atoms with Gasteiger partial charge in [-0.2, -0.15) is 0 Å². The summed E-state index contributed by atoms with van der Waals surface area (Å²) in [6, 6.07) is 2.34. The molecular weight excluding hydrogens is 194 g/mol. The first-order chi connectivity index (χ1) is 7.13. The molecule has 0 aromatic heterocycles. The molecule has 16 heavy (non-hydrogen) atoms. The maximum Gasteiger partial charge on any atom is 0.0239 e. The highest BCUT2D eigenvalue weighted by Gasteiger charge is 2.19. The fraction of sp³-hybridized carbons (Fsp3) is 0.600. The third kappa shape index (κ3) is 2.15. The number of benzene rings is 1. The Hall–Kier alpha value is -0.820. The van der Waals surface area contributed by atoms with E-state index in [1.165, 1.54) is 36.2 Å². The van der Waals surface area contributed by atoms with Gasteiger partial charge in [-0.1, -0.05) is 20.4 Å². The Bertz CT molecular complexity index is 380. The van der Waals surface area contributed by atoms with Crippen LogP contribution in [0.4, 0.5) is 0 Å². The monoisotopic (exact) mass is 219 g/mol. The maximum atomic E-state index is 2.54. The van der Waals surface area contributed by atoms with Crippen LogP contribution >= 0.6 is 0 Å². The lowest BCUT2D eigenvalue weighted by molar-refractivity contribution is 0.267. The molecule has 0 unspecified atom stereocenters. The second kappa shape index (κ2) is 5.01. The van der Waals surface area contributed by atoms with Crippen LogP contribution in [0, 0.1) is 20.8 Å². The van der Waals surface area contributed by atoms with Crippen LogP contribution < -0.4 is 0 Å². The van der Waals surface area contributed by atoms with Crippen LogP contribution in [0.15, 0.2) is 6.07 Å². The summed E-state index contributed by atoms with van der Waals surface area (Å²) in [6.45, 7) is 12.6. The van der Waals surface area contributed by atoms with Crippen molar-refractivity contribution < 1.29 is 0 Å². The van der Waals surface area contributed by atoms with Gasteiger partial charge in [0.2, 0.25) is 0 Å². The second-order valence-corrected chi connectivity index (χ2v) is 4.71. The second-order valence-electron chi connectivity index (χ2n) is 4.71. The van der Waals surface area contributed by atoms with E-state index in [4.69, 9.17) is 0 Å². The predicted octanol–water partition coefficient (Wildman–Crippen LogP) is 3.63. The molecular formula is C15H25N. The van der Waals surface area contributed by atoms with Crippen molar-refractivity contribution in [3.63, 3.8) is 0 Å². The van der Waals surface area contributed by atoms with E-state index in [2.05, 4.69) is 38.7 Å². The standard InChI is InChI=1S/C14H21N.CH4/c1-5-15-7-6-13-11(3)8-10(2)12(4)14(13)9-15;/h8H,5-7,9H2,1-4H3;1H4. The molecule has 1 aromatic carbocycles. The van der Waals surface area contributed by atoms with E-state index in [1.807, 2.05) is 0 Å². The van der Waals surface area contributed by atoms with Gasteiger partial charge < -0.3 is 0 Å². The molecule has 1 heterocycles. The Morgan fingerprint density at radius 2 is 1.81 bits per heavy atom. The van der Waals surface area contributed by atoms with Crippen LogP contribution in [0.1, 0.15) is 42.2 Å². The number of likely N-dealkylation sites (N-methyl/N-ethyl adjacent to an activating group) is 1. The molecule has 0 atom stereocenters. The van der Waals surface area contributed by atoms with Crippen molar-refractivity contribution in [1.82, 2.24) is 4.90 Å². The molecule has 0 amide bonds. The molecule has 2 rings (SSSR count). The molecule has 0 bridgehead atoms. The largest absolute Gasteiger partial charge is 0.299 e. The quantitative estimate of drug-likeness (QED) is 0.697. The van der Waals surface area contributed by atoms with E-state index in [0.717, 1.165) is 6.54 Å². The zero-order valence-electron chi connectivity index (χ0n) is 10.4. The zero-order valence-corrected chi connectivity index (χ0v) is 10.4. The van der Waals surface area contributed by atoms with Crippen molar-refractivity contribution in [1.29, 1.82) is 0 Å². The molecule has 0 spiro atoms. The Kier molecular flexibility index (Phi) is 4.15. The molecule has 0 saturated heterocycles. The van der Waals surface area contributed by atoms with Gasteiger partial charge in [-0.25, -0.2) is 0 Å². The first-order valence-electron chi connectivity index (χ1n) is 5.94. The molecule has 1 aromatic rings. The molecule has 90 valence electrons. The third-order valence-corrected chi connectivity index (χ3v) is 3.82. The van der Waals surface area contributed by atoms with Crippen LogP contribution in [0.2, 0.25) is 0 Å². The lowest BCUT2D eigenvalue weighted by Gasteiger charge is -2.30. The molecule has 1 aliphatic rings. The maximum absolute atomic E-state index is 2.54. The van der Waals surface area contributed by atoms with Crippen molar-refractivity contribution in [2.24, 2.45) is 0 Å². The fourth-order valence-corrected chi connectivity index (χ4v) is 2.63. The summed E-state index contributed by atoms with van der Waals surface area (Å²) in [7, 11) is 0. The number of hydrogen-bond acceptors (Lipinski definition) is 1. The van der Waals surface area contributed by atoms with Crippen LogP contribution in [0.3, 0.4) is 0 Å². The van der Waals surface area contributed by atoms with E-state index in [-0.39, 0.29) is 7.43 Å². The zero-order chi connectivity index (χ0) is 11.0. The molecule has 0 saturated carbocycles. The molecule has 0 radical (unpaired) electrons. The van der Waals surface area contributed by atoms with Gasteiger partial charge in [-0.3, -0.25) is 4.90 Å². The van der Waals surface area contributed by atoms with Gasteiger partial charge in [0.25, 0.3) is 0 Å². The van der Waals surface area contributed by atoms with Crippen molar-refractivity contribution in [3.05, 3.63) is 33.9 Å². The van der Waals surface area contributed by atoms with E-state index in [9.17, 15) is 0 Å². The van der Waals surface area contributed by atoms with Crippen LogP contribution in [0.5, 0.6) is 0 Å². The van der Waals surface area contributed by atoms with E-state index >= 15 is 0 Å². The van der Waals surface area contributed by atoms with Crippen molar-refractivity contribution in [3.8, 4) is 0 Å². The molecule has 1 aliphatic heterocycles. The van der Waals surface area contributed by atoms with Crippen LogP contribution in [0.25, 0.3) is 0 Å². The number of rotatable bonds is 1. The van der Waals surface area contributed by atoms with Gasteiger partial charge in [0.1, 0.15) is 0 Å². The minimum atomic E-state index is 0. The Balaban J connectivity index is 0.00000128. The van der Waals surface area contributed by atoms with Gasteiger partial charge in [0.15, 0.2) is 0 Å². The predicted molar refractivity (Wildman–Crippen MR) is 72.0 cm³/mol.